The molecule has 0 aromatic rings. The molecule has 1 saturated heterocycles. The third-order valence-corrected chi connectivity index (χ3v) is 11.6. The third-order valence-electron chi connectivity index (χ3n) is 5.52. The molecule has 1 N–H and O–H groups in total. The lowest BCUT2D eigenvalue weighted by molar-refractivity contribution is 0.0996. The Kier molecular flexibility index (Phi) is 5.34. The summed E-state index contributed by atoms with van der Waals surface area (Å²) < 4.78 is 6.95. The van der Waals surface area contributed by atoms with Crippen LogP contribution in [-0.2, 0) is 4.43 Å². The molecule has 0 aromatic carbocycles. The summed E-state index contributed by atoms with van der Waals surface area (Å²) >= 11 is 0. The van der Waals surface area contributed by atoms with Gasteiger partial charge in [0.25, 0.3) is 0 Å². The Bertz CT molecular complexity index is 359. The molecule has 0 saturated carbocycles. The summed E-state index contributed by atoms with van der Waals surface area (Å²) in [6, 6.07) is 0.372. The van der Waals surface area contributed by atoms with E-state index in [0.29, 0.717) is 28.8 Å². The molecule has 2 heterocycles. The maximum Gasteiger partial charge on any atom is 0.200 e. The Morgan fingerprint density at radius 2 is 1.62 bits per heavy atom. The number of hydrogen-bond acceptors (Lipinski definition) is 3. The first-order chi connectivity index (χ1) is 9.79. The fourth-order valence-corrected chi connectivity index (χ4v) is 10.2. The Morgan fingerprint density at radius 3 is 2.14 bits per heavy atom. The van der Waals surface area contributed by atoms with Gasteiger partial charge >= 0.3 is 0 Å². The van der Waals surface area contributed by atoms with Gasteiger partial charge in [-0.05, 0) is 23.0 Å². The van der Waals surface area contributed by atoms with E-state index in [1.807, 2.05) is 6.08 Å². The van der Waals surface area contributed by atoms with Crippen LogP contribution in [0.1, 0.15) is 48.0 Å². The monoisotopic (exact) mass is 311 g/mol. The van der Waals surface area contributed by atoms with Crippen molar-refractivity contribution in [1.29, 1.82) is 0 Å². The van der Waals surface area contributed by atoms with Crippen LogP contribution in [0.3, 0.4) is 0 Å². The minimum Gasteiger partial charge on any atom is -0.411 e. The van der Waals surface area contributed by atoms with Gasteiger partial charge in [0, 0.05) is 13.1 Å². The van der Waals surface area contributed by atoms with Crippen molar-refractivity contribution >= 4 is 8.32 Å². The smallest absolute Gasteiger partial charge is 0.200 e. The van der Waals surface area contributed by atoms with Crippen LogP contribution < -0.4 is 0 Å². The van der Waals surface area contributed by atoms with Crippen molar-refractivity contribution in [3.05, 3.63) is 12.2 Å². The molecule has 0 radical (unpaired) electrons. The number of rotatable bonds is 5. The average molecular weight is 312 g/mol. The van der Waals surface area contributed by atoms with E-state index < -0.39 is 8.32 Å². The molecule has 0 unspecified atom stereocenters. The standard InChI is InChI=1S/C17H33NO2Si/c1-12(2)21(13(3)4,14(5)6)20-17-9-10-18-11-15(19)7-8-16(17)18/h7-8,12-17,19H,9-11H2,1-6H3/t15-,16-,17-/m0/s1. The third kappa shape index (κ3) is 3.14. The van der Waals surface area contributed by atoms with Crippen molar-refractivity contribution in [3.8, 4) is 0 Å². The van der Waals surface area contributed by atoms with Gasteiger partial charge in [-0.15, -0.1) is 0 Å². The summed E-state index contributed by atoms with van der Waals surface area (Å²) in [5, 5.41) is 9.78. The molecule has 122 valence electrons. The molecule has 3 atom stereocenters. The molecule has 2 rings (SSSR count). The Hall–Kier alpha value is -0.163. The van der Waals surface area contributed by atoms with Crippen LogP contribution in [0.15, 0.2) is 12.2 Å². The first-order valence-corrected chi connectivity index (χ1v) is 10.7. The largest absolute Gasteiger partial charge is 0.411 e. The highest BCUT2D eigenvalue weighted by molar-refractivity contribution is 6.77. The van der Waals surface area contributed by atoms with Crippen molar-refractivity contribution in [2.75, 3.05) is 13.1 Å². The first kappa shape index (κ1) is 17.2. The van der Waals surface area contributed by atoms with Gasteiger partial charge in [0.15, 0.2) is 0 Å². The second kappa shape index (κ2) is 6.53. The van der Waals surface area contributed by atoms with Gasteiger partial charge in [-0.3, -0.25) is 4.90 Å². The number of nitrogens with zero attached hydrogens (tertiary/aromatic N) is 1. The zero-order valence-electron chi connectivity index (χ0n) is 14.5. The fraction of sp³-hybridized carbons (Fsp3) is 0.882. The van der Waals surface area contributed by atoms with Crippen molar-refractivity contribution in [3.63, 3.8) is 0 Å². The molecule has 0 aromatic heterocycles. The predicted octanol–water partition coefficient (Wildman–Crippen LogP) is 3.55. The number of hydrogen-bond donors (Lipinski definition) is 1. The number of fused-ring (bicyclic) bond motifs is 1. The van der Waals surface area contributed by atoms with Crippen molar-refractivity contribution in [1.82, 2.24) is 4.90 Å². The highest BCUT2D eigenvalue weighted by Crippen LogP contribution is 2.44. The molecule has 4 heteroatoms. The summed E-state index contributed by atoms with van der Waals surface area (Å²) in [6.07, 6.45) is 5.23. The van der Waals surface area contributed by atoms with Gasteiger partial charge in [-0.2, -0.15) is 0 Å². The van der Waals surface area contributed by atoms with Crippen LogP contribution in [0, 0.1) is 0 Å². The van der Waals surface area contributed by atoms with Gasteiger partial charge in [-0.25, -0.2) is 0 Å². The van der Waals surface area contributed by atoms with Gasteiger partial charge in [0.1, 0.15) is 0 Å². The molecule has 2 aliphatic rings. The van der Waals surface area contributed by atoms with E-state index in [2.05, 4.69) is 52.5 Å². The summed E-state index contributed by atoms with van der Waals surface area (Å²) in [6.45, 7) is 15.9. The van der Waals surface area contributed by atoms with E-state index in [1.54, 1.807) is 0 Å². The first-order valence-electron chi connectivity index (χ1n) is 8.57. The highest BCUT2D eigenvalue weighted by atomic mass is 28.4. The molecule has 0 spiro atoms. The molecule has 21 heavy (non-hydrogen) atoms. The minimum atomic E-state index is -1.81. The van der Waals surface area contributed by atoms with Crippen molar-refractivity contribution < 1.29 is 9.53 Å². The lowest BCUT2D eigenvalue weighted by Gasteiger charge is -2.45. The Labute approximate surface area is 131 Å². The molecule has 2 aliphatic heterocycles. The van der Waals surface area contributed by atoms with E-state index in [9.17, 15) is 5.11 Å². The molecule has 0 amide bonds. The fourth-order valence-electron chi connectivity index (χ4n) is 4.65. The van der Waals surface area contributed by atoms with Gasteiger partial charge in [0.2, 0.25) is 8.32 Å². The van der Waals surface area contributed by atoms with Gasteiger partial charge < -0.3 is 9.53 Å². The highest BCUT2D eigenvalue weighted by Gasteiger charge is 2.49. The van der Waals surface area contributed by atoms with E-state index in [-0.39, 0.29) is 6.10 Å². The van der Waals surface area contributed by atoms with Crippen LogP contribution in [0.25, 0.3) is 0 Å². The van der Waals surface area contributed by atoms with Gasteiger partial charge in [-0.1, -0.05) is 53.7 Å². The average Bonchev–Trinajstić information content (AvgIpc) is 2.76. The molecular weight excluding hydrogens is 278 g/mol. The van der Waals surface area contributed by atoms with Crippen LogP contribution >= 0.6 is 0 Å². The predicted molar refractivity (Wildman–Crippen MR) is 91.0 cm³/mol. The quantitative estimate of drug-likeness (QED) is 0.622. The summed E-state index contributed by atoms with van der Waals surface area (Å²) in [4.78, 5) is 2.38. The molecule has 0 bridgehead atoms. The molecule has 3 nitrogen and oxygen atoms in total. The zero-order valence-corrected chi connectivity index (χ0v) is 15.5. The lowest BCUT2D eigenvalue weighted by Crippen LogP contribution is -2.53. The SMILES string of the molecule is CC(C)[Si](O[C@H]1CCN2C[C@@H](O)C=C[C@@H]12)(C(C)C)C(C)C. The van der Waals surface area contributed by atoms with Crippen LogP contribution in [0.2, 0.25) is 16.6 Å². The zero-order chi connectivity index (χ0) is 15.8. The summed E-state index contributed by atoms with van der Waals surface area (Å²) in [5.41, 5.74) is 1.89. The van der Waals surface area contributed by atoms with Crippen molar-refractivity contribution in [2.45, 2.75) is 82.8 Å². The lowest BCUT2D eigenvalue weighted by atomic mass is 10.1. The van der Waals surface area contributed by atoms with Crippen LogP contribution in [0.4, 0.5) is 0 Å². The normalized spacial score (nSPS) is 30.7. The topological polar surface area (TPSA) is 32.7 Å². The van der Waals surface area contributed by atoms with E-state index >= 15 is 0 Å². The number of aliphatic hydroxyl groups is 1. The maximum absolute atomic E-state index is 9.78. The Morgan fingerprint density at radius 1 is 1.05 bits per heavy atom. The van der Waals surface area contributed by atoms with Gasteiger partial charge in [0.05, 0.1) is 18.2 Å². The minimum absolute atomic E-state index is 0.303. The molecule has 0 aliphatic carbocycles. The van der Waals surface area contributed by atoms with E-state index in [0.717, 1.165) is 19.5 Å². The van der Waals surface area contributed by atoms with Crippen molar-refractivity contribution in [2.24, 2.45) is 0 Å². The summed E-state index contributed by atoms with van der Waals surface area (Å²) in [5.74, 6) is 0. The maximum atomic E-state index is 9.78. The molecular formula is C17H33NO2Si. The van der Waals surface area contributed by atoms with E-state index in [1.165, 1.54) is 0 Å². The van der Waals surface area contributed by atoms with Crippen LogP contribution in [-0.4, -0.2) is 49.7 Å². The van der Waals surface area contributed by atoms with E-state index in [4.69, 9.17) is 4.43 Å². The van der Waals surface area contributed by atoms with Crippen LogP contribution in [0.5, 0.6) is 0 Å². The Balaban J connectivity index is 2.20. The summed E-state index contributed by atoms with van der Waals surface area (Å²) in [7, 11) is -1.81. The second-order valence-corrected chi connectivity index (χ2v) is 13.1. The molecule has 1 fully saturated rings. The second-order valence-electron chi connectivity index (χ2n) is 7.70. The number of aliphatic hydroxyl groups excluding tert-OH is 1.